The highest BCUT2D eigenvalue weighted by atomic mass is 32.1. The van der Waals surface area contributed by atoms with Gasteiger partial charge < -0.3 is 14.8 Å². The second-order valence-corrected chi connectivity index (χ2v) is 6.85. The molecule has 9 heteroatoms. The fourth-order valence-corrected chi connectivity index (χ4v) is 3.79. The number of methoxy groups -OCH3 is 1. The van der Waals surface area contributed by atoms with E-state index in [1.54, 1.807) is 6.20 Å². The number of ether oxygens (including phenoxy) is 2. The summed E-state index contributed by atoms with van der Waals surface area (Å²) in [6.07, 6.45) is 3.91. The summed E-state index contributed by atoms with van der Waals surface area (Å²) in [7, 11) is 1.32. The molecule has 0 bridgehead atoms. The lowest BCUT2D eigenvalue weighted by Crippen LogP contribution is -2.26. The molecule has 2 aromatic rings. The molecule has 0 radical (unpaired) electrons. The van der Waals surface area contributed by atoms with Gasteiger partial charge in [-0.2, -0.15) is 8.78 Å². The van der Waals surface area contributed by atoms with Crippen molar-refractivity contribution in [2.24, 2.45) is 0 Å². The van der Waals surface area contributed by atoms with Gasteiger partial charge in [0.05, 0.1) is 7.11 Å². The molecule has 140 valence electrons. The maximum Gasteiger partial charge on any atom is 0.387 e. The molecule has 0 aliphatic carbocycles. The summed E-state index contributed by atoms with van der Waals surface area (Å²) >= 11 is 1.46. The molecule has 1 aliphatic rings. The van der Waals surface area contributed by atoms with Crippen molar-refractivity contribution in [3.63, 3.8) is 0 Å². The smallest absolute Gasteiger partial charge is 0.387 e. The Bertz CT molecular complexity index is 763. The predicted molar refractivity (Wildman–Crippen MR) is 94.5 cm³/mol. The van der Waals surface area contributed by atoms with Crippen molar-refractivity contribution in [2.75, 3.05) is 25.5 Å². The van der Waals surface area contributed by atoms with Crippen LogP contribution in [0.25, 0.3) is 0 Å². The SMILES string of the molecule is COc1cc(C(=O)Nc2ncc(C3CCNCC3)s2)ccc1OC(F)F. The van der Waals surface area contributed by atoms with Crippen LogP contribution in [-0.4, -0.2) is 37.7 Å². The lowest BCUT2D eigenvalue weighted by atomic mass is 9.97. The number of anilines is 1. The second kappa shape index (κ2) is 8.41. The molecule has 1 aromatic heterocycles. The van der Waals surface area contributed by atoms with Gasteiger partial charge in [-0.15, -0.1) is 11.3 Å². The third kappa shape index (κ3) is 4.47. The van der Waals surface area contributed by atoms with Gasteiger partial charge in [0, 0.05) is 16.6 Å². The van der Waals surface area contributed by atoms with Crippen molar-refractivity contribution in [3.05, 3.63) is 34.8 Å². The number of carbonyl (C=O) groups excluding carboxylic acids is 1. The zero-order valence-corrected chi connectivity index (χ0v) is 14.9. The van der Waals surface area contributed by atoms with Gasteiger partial charge in [-0.3, -0.25) is 10.1 Å². The van der Waals surface area contributed by atoms with Gasteiger partial charge >= 0.3 is 6.61 Å². The Labute approximate surface area is 153 Å². The Hall–Kier alpha value is -2.26. The van der Waals surface area contributed by atoms with Crippen LogP contribution in [0.5, 0.6) is 11.5 Å². The van der Waals surface area contributed by atoms with Crippen LogP contribution in [0.1, 0.15) is 34.0 Å². The second-order valence-electron chi connectivity index (χ2n) is 5.79. The zero-order valence-electron chi connectivity index (χ0n) is 14.1. The van der Waals surface area contributed by atoms with Gasteiger partial charge in [-0.05, 0) is 50.0 Å². The molecule has 0 spiro atoms. The van der Waals surface area contributed by atoms with E-state index in [0.29, 0.717) is 11.0 Å². The van der Waals surface area contributed by atoms with Gasteiger partial charge in [-0.25, -0.2) is 4.98 Å². The number of thiazole rings is 1. The fourth-order valence-electron chi connectivity index (χ4n) is 2.81. The number of rotatable bonds is 6. The van der Waals surface area contributed by atoms with Gasteiger partial charge in [0.1, 0.15) is 0 Å². The molecular weight excluding hydrogens is 364 g/mol. The number of benzene rings is 1. The number of piperidine rings is 1. The number of hydrogen-bond donors (Lipinski definition) is 2. The van der Waals surface area contributed by atoms with E-state index in [4.69, 9.17) is 4.74 Å². The van der Waals surface area contributed by atoms with E-state index in [-0.39, 0.29) is 17.1 Å². The van der Waals surface area contributed by atoms with E-state index in [1.807, 2.05) is 0 Å². The molecule has 2 heterocycles. The molecule has 1 aromatic carbocycles. The minimum atomic E-state index is -2.97. The average molecular weight is 383 g/mol. The summed E-state index contributed by atoms with van der Waals surface area (Å²) in [5, 5.41) is 6.56. The number of nitrogens with zero attached hydrogens (tertiary/aromatic N) is 1. The maximum absolute atomic E-state index is 12.4. The Morgan fingerprint density at radius 1 is 1.35 bits per heavy atom. The summed E-state index contributed by atoms with van der Waals surface area (Å²) < 4.78 is 34.1. The molecule has 2 N–H and O–H groups in total. The van der Waals surface area contributed by atoms with Crippen LogP contribution in [-0.2, 0) is 0 Å². The van der Waals surface area contributed by atoms with Gasteiger partial charge in [-0.1, -0.05) is 0 Å². The molecule has 0 atom stereocenters. The average Bonchev–Trinajstić information content (AvgIpc) is 3.10. The van der Waals surface area contributed by atoms with Crippen molar-refractivity contribution in [3.8, 4) is 11.5 Å². The largest absolute Gasteiger partial charge is 0.493 e. The summed E-state index contributed by atoms with van der Waals surface area (Å²) in [6.45, 7) is -0.999. The molecule has 3 rings (SSSR count). The van der Waals surface area contributed by atoms with Crippen molar-refractivity contribution >= 4 is 22.4 Å². The van der Waals surface area contributed by atoms with Crippen LogP contribution in [0.4, 0.5) is 13.9 Å². The highest BCUT2D eigenvalue weighted by molar-refractivity contribution is 7.15. The van der Waals surface area contributed by atoms with Gasteiger partial charge in [0.15, 0.2) is 16.6 Å². The first-order valence-electron chi connectivity index (χ1n) is 8.17. The Morgan fingerprint density at radius 3 is 2.81 bits per heavy atom. The lowest BCUT2D eigenvalue weighted by Gasteiger charge is -2.20. The topological polar surface area (TPSA) is 72.5 Å². The standard InChI is InChI=1S/C17H19F2N3O3S/c1-24-13-8-11(2-3-12(13)25-16(18)19)15(23)22-17-21-9-14(26-17)10-4-6-20-7-5-10/h2-3,8-10,16,20H,4-7H2,1H3,(H,21,22,23). The normalized spacial score (nSPS) is 15.1. The molecular formula is C17H19F2N3O3S. The summed E-state index contributed by atoms with van der Waals surface area (Å²) in [4.78, 5) is 17.8. The van der Waals surface area contributed by atoms with E-state index in [1.165, 1.54) is 36.6 Å². The number of hydrogen-bond acceptors (Lipinski definition) is 6. The molecule has 1 saturated heterocycles. The zero-order chi connectivity index (χ0) is 18.5. The molecule has 1 amide bonds. The quantitative estimate of drug-likeness (QED) is 0.799. The maximum atomic E-state index is 12.4. The Balaban J connectivity index is 1.69. The molecule has 0 unspecified atom stereocenters. The number of amides is 1. The van der Waals surface area contributed by atoms with E-state index >= 15 is 0 Å². The van der Waals surface area contributed by atoms with Crippen LogP contribution >= 0.6 is 11.3 Å². The van der Waals surface area contributed by atoms with Gasteiger partial charge in [0.2, 0.25) is 0 Å². The monoisotopic (exact) mass is 383 g/mol. The number of carbonyl (C=O) groups is 1. The van der Waals surface area contributed by atoms with Crippen molar-refractivity contribution in [1.82, 2.24) is 10.3 Å². The van der Waals surface area contributed by atoms with E-state index < -0.39 is 12.5 Å². The van der Waals surface area contributed by atoms with E-state index in [9.17, 15) is 13.6 Å². The van der Waals surface area contributed by atoms with Crippen LogP contribution in [0, 0.1) is 0 Å². The van der Waals surface area contributed by atoms with Crippen LogP contribution < -0.4 is 20.1 Å². The third-order valence-corrected chi connectivity index (χ3v) is 5.20. The number of alkyl halides is 2. The van der Waals surface area contributed by atoms with Crippen LogP contribution in [0.2, 0.25) is 0 Å². The van der Waals surface area contributed by atoms with Gasteiger partial charge in [0.25, 0.3) is 5.91 Å². The summed E-state index contributed by atoms with van der Waals surface area (Å²) in [5.74, 6) is 0.0114. The Morgan fingerprint density at radius 2 is 2.12 bits per heavy atom. The van der Waals surface area contributed by atoms with Crippen molar-refractivity contribution < 1.29 is 23.0 Å². The first kappa shape index (κ1) is 18.5. The minimum Gasteiger partial charge on any atom is -0.493 e. The first-order chi connectivity index (χ1) is 12.6. The number of halogens is 2. The summed E-state index contributed by atoms with van der Waals surface area (Å²) in [5.41, 5.74) is 0.266. The third-order valence-electron chi connectivity index (χ3n) is 4.13. The number of nitrogens with one attached hydrogen (secondary N) is 2. The molecule has 1 aliphatic heterocycles. The number of aromatic nitrogens is 1. The fraction of sp³-hybridized carbons (Fsp3) is 0.412. The first-order valence-corrected chi connectivity index (χ1v) is 8.99. The molecule has 1 fully saturated rings. The van der Waals surface area contributed by atoms with Crippen molar-refractivity contribution in [1.29, 1.82) is 0 Å². The lowest BCUT2D eigenvalue weighted by molar-refractivity contribution is -0.0512. The highest BCUT2D eigenvalue weighted by Crippen LogP contribution is 2.33. The highest BCUT2D eigenvalue weighted by Gasteiger charge is 2.19. The van der Waals surface area contributed by atoms with Crippen LogP contribution in [0.15, 0.2) is 24.4 Å². The van der Waals surface area contributed by atoms with E-state index in [0.717, 1.165) is 30.8 Å². The summed E-state index contributed by atoms with van der Waals surface area (Å²) in [6, 6.07) is 4.04. The Kier molecular flexibility index (Phi) is 6.00. The van der Waals surface area contributed by atoms with Crippen LogP contribution in [0.3, 0.4) is 0 Å². The predicted octanol–water partition coefficient (Wildman–Crippen LogP) is 3.47. The molecule has 26 heavy (non-hydrogen) atoms. The minimum absolute atomic E-state index is 0.0625. The molecule has 6 nitrogen and oxygen atoms in total. The van der Waals surface area contributed by atoms with Crippen molar-refractivity contribution in [2.45, 2.75) is 25.4 Å². The molecule has 0 saturated carbocycles. The van der Waals surface area contributed by atoms with E-state index in [2.05, 4.69) is 20.4 Å².